The molecule has 0 spiro atoms. The van der Waals surface area contributed by atoms with Gasteiger partial charge in [-0.25, -0.2) is 9.78 Å². The number of ether oxygens (including phenoxy) is 1. The van der Waals surface area contributed by atoms with Gasteiger partial charge in [0.2, 0.25) is 0 Å². The Labute approximate surface area is 157 Å². The van der Waals surface area contributed by atoms with Crippen LogP contribution in [-0.4, -0.2) is 45.4 Å². The normalized spacial score (nSPS) is 20.0. The van der Waals surface area contributed by atoms with Crippen molar-refractivity contribution in [1.82, 2.24) is 14.9 Å². The van der Waals surface area contributed by atoms with E-state index in [9.17, 15) is 9.59 Å². The Bertz CT molecular complexity index is 781. The molecule has 1 fully saturated rings. The van der Waals surface area contributed by atoms with E-state index in [1.54, 1.807) is 13.1 Å². The molecule has 0 radical (unpaired) electrons. The lowest BCUT2D eigenvalue weighted by Gasteiger charge is -2.38. The summed E-state index contributed by atoms with van der Waals surface area (Å²) in [7, 11) is 0. The molecule has 1 aliphatic heterocycles. The number of rotatable bonds is 4. The van der Waals surface area contributed by atoms with Crippen LogP contribution < -0.4 is 0 Å². The summed E-state index contributed by atoms with van der Waals surface area (Å²) >= 11 is 1.24. The van der Waals surface area contributed by atoms with Crippen LogP contribution in [0.2, 0.25) is 0 Å². The first-order valence-corrected chi connectivity index (χ1v) is 9.66. The van der Waals surface area contributed by atoms with Crippen LogP contribution in [0.25, 0.3) is 10.7 Å². The predicted molar refractivity (Wildman–Crippen MR) is 100.0 cm³/mol. The smallest absolute Gasteiger partial charge is 0.350 e. The molecule has 2 aromatic rings. The maximum absolute atomic E-state index is 12.5. The maximum Gasteiger partial charge on any atom is 0.350 e. The van der Waals surface area contributed by atoms with Crippen molar-refractivity contribution in [3.63, 3.8) is 0 Å². The second-order valence-corrected chi connectivity index (χ2v) is 7.65. The average molecular weight is 373 g/mol. The van der Waals surface area contributed by atoms with E-state index in [-0.39, 0.29) is 24.6 Å². The number of aromatic nitrogens is 2. The van der Waals surface area contributed by atoms with Crippen molar-refractivity contribution in [2.75, 3.05) is 6.61 Å². The van der Waals surface area contributed by atoms with Crippen LogP contribution >= 0.6 is 11.3 Å². The summed E-state index contributed by atoms with van der Waals surface area (Å²) in [6.45, 7) is 5.61. The van der Waals surface area contributed by atoms with Crippen LogP contribution in [0.3, 0.4) is 0 Å². The van der Waals surface area contributed by atoms with Crippen molar-refractivity contribution in [2.24, 2.45) is 0 Å². The lowest BCUT2D eigenvalue weighted by Crippen LogP contribution is -2.49. The van der Waals surface area contributed by atoms with Gasteiger partial charge in [-0.3, -0.25) is 9.78 Å². The molecular formula is C19H23N3O3S. The fraction of sp³-hybridized carbons (Fsp3) is 0.474. The summed E-state index contributed by atoms with van der Waals surface area (Å²) in [5.74, 6) is -0.641. The van der Waals surface area contributed by atoms with Gasteiger partial charge in [-0.15, -0.1) is 11.3 Å². The van der Waals surface area contributed by atoms with Crippen molar-refractivity contribution < 1.29 is 14.3 Å². The standard InChI is InChI=1S/C19H23N3O3S/c1-12-7-6-8-13(2)22(12)16(23)11-25-19(24)17-14(3)21-18(26-17)15-9-4-5-10-20-15/h4-5,9-10,12-13H,6-8,11H2,1-3H3/t12-,13-/m1/s1. The van der Waals surface area contributed by atoms with Gasteiger partial charge in [-0.1, -0.05) is 6.07 Å². The molecule has 1 saturated heterocycles. The van der Waals surface area contributed by atoms with Gasteiger partial charge >= 0.3 is 5.97 Å². The highest BCUT2D eigenvalue weighted by molar-refractivity contribution is 7.17. The SMILES string of the molecule is Cc1nc(-c2ccccn2)sc1C(=O)OCC(=O)N1[C@H](C)CCC[C@H]1C. The van der Waals surface area contributed by atoms with Gasteiger partial charge in [0.15, 0.2) is 6.61 Å². The van der Waals surface area contributed by atoms with Crippen molar-refractivity contribution >= 4 is 23.2 Å². The number of thiazole rings is 1. The molecule has 7 heteroatoms. The molecule has 1 amide bonds. The first-order valence-electron chi connectivity index (χ1n) is 8.84. The minimum Gasteiger partial charge on any atom is -0.451 e. The van der Waals surface area contributed by atoms with Crippen LogP contribution in [-0.2, 0) is 9.53 Å². The summed E-state index contributed by atoms with van der Waals surface area (Å²) in [5.41, 5.74) is 1.31. The van der Waals surface area contributed by atoms with Crippen LogP contribution in [0, 0.1) is 6.92 Å². The van der Waals surface area contributed by atoms with Crippen LogP contribution in [0.15, 0.2) is 24.4 Å². The Morgan fingerprint density at radius 1 is 1.27 bits per heavy atom. The van der Waals surface area contributed by atoms with Crippen molar-refractivity contribution in [3.8, 4) is 10.7 Å². The molecule has 3 rings (SSSR count). The number of aryl methyl sites for hydroxylation is 1. The van der Waals surface area contributed by atoms with E-state index >= 15 is 0 Å². The third-order valence-electron chi connectivity index (χ3n) is 4.67. The molecule has 6 nitrogen and oxygen atoms in total. The second-order valence-electron chi connectivity index (χ2n) is 6.65. The number of carbonyl (C=O) groups is 2. The summed E-state index contributed by atoms with van der Waals surface area (Å²) in [6, 6.07) is 5.91. The monoisotopic (exact) mass is 373 g/mol. The zero-order valence-corrected chi connectivity index (χ0v) is 16.1. The van der Waals surface area contributed by atoms with E-state index in [0.29, 0.717) is 21.3 Å². The highest BCUT2D eigenvalue weighted by Crippen LogP contribution is 2.27. The van der Waals surface area contributed by atoms with Crippen molar-refractivity contribution in [1.29, 1.82) is 0 Å². The number of nitrogens with zero attached hydrogens (tertiary/aromatic N) is 3. The largest absolute Gasteiger partial charge is 0.451 e. The van der Waals surface area contributed by atoms with Gasteiger partial charge in [0, 0.05) is 18.3 Å². The number of likely N-dealkylation sites (tertiary alicyclic amines) is 1. The molecule has 0 saturated carbocycles. The predicted octanol–water partition coefficient (Wildman–Crippen LogP) is 3.46. The lowest BCUT2D eigenvalue weighted by molar-refractivity contribution is -0.140. The number of hydrogen-bond donors (Lipinski definition) is 0. The minimum atomic E-state index is -0.507. The molecule has 0 N–H and O–H groups in total. The molecule has 3 heterocycles. The van der Waals surface area contributed by atoms with Crippen LogP contribution in [0.4, 0.5) is 0 Å². The van der Waals surface area contributed by atoms with Gasteiger partial charge < -0.3 is 9.64 Å². The second kappa shape index (κ2) is 7.95. The highest BCUT2D eigenvalue weighted by atomic mass is 32.1. The van der Waals surface area contributed by atoms with E-state index in [1.165, 1.54) is 11.3 Å². The first kappa shape index (κ1) is 18.5. The number of piperidine rings is 1. The molecule has 0 bridgehead atoms. The quantitative estimate of drug-likeness (QED) is 0.768. The van der Waals surface area contributed by atoms with Gasteiger partial charge in [-0.2, -0.15) is 0 Å². The number of esters is 1. The molecule has 2 atom stereocenters. The Kier molecular flexibility index (Phi) is 5.66. The first-order chi connectivity index (χ1) is 12.5. The molecule has 0 aromatic carbocycles. The zero-order chi connectivity index (χ0) is 18.7. The Balaban J connectivity index is 1.65. The van der Waals surface area contributed by atoms with Crippen LogP contribution in [0.1, 0.15) is 48.5 Å². The molecule has 2 aromatic heterocycles. The topological polar surface area (TPSA) is 72.4 Å². The van der Waals surface area contributed by atoms with Crippen molar-refractivity contribution in [3.05, 3.63) is 35.0 Å². The van der Waals surface area contributed by atoms with E-state index in [0.717, 1.165) is 19.3 Å². The summed E-state index contributed by atoms with van der Waals surface area (Å²) in [6.07, 6.45) is 4.79. The molecule has 0 unspecified atom stereocenters. The third-order valence-corrected chi connectivity index (χ3v) is 5.83. The van der Waals surface area contributed by atoms with E-state index < -0.39 is 5.97 Å². The molecule has 138 valence electrons. The van der Waals surface area contributed by atoms with Gasteiger partial charge in [-0.05, 0) is 52.2 Å². The molecule has 0 aliphatic carbocycles. The highest BCUT2D eigenvalue weighted by Gasteiger charge is 2.29. The van der Waals surface area contributed by atoms with E-state index in [1.807, 2.05) is 36.9 Å². The van der Waals surface area contributed by atoms with E-state index in [2.05, 4.69) is 9.97 Å². The molecule has 26 heavy (non-hydrogen) atoms. The van der Waals surface area contributed by atoms with Gasteiger partial charge in [0.25, 0.3) is 5.91 Å². The fourth-order valence-electron chi connectivity index (χ4n) is 3.36. The molecule has 1 aliphatic rings. The van der Waals surface area contributed by atoms with E-state index in [4.69, 9.17) is 4.74 Å². The number of pyridine rings is 1. The third kappa shape index (κ3) is 3.93. The Morgan fingerprint density at radius 2 is 2.00 bits per heavy atom. The number of carbonyl (C=O) groups excluding carboxylic acids is 2. The fourth-order valence-corrected chi connectivity index (χ4v) is 4.30. The lowest BCUT2D eigenvalue weighted by atomic mass is 9.97. The molecular weight excluding hydrogens is 350 g/mol. The van der Waals surface area contributed by atoms with Crippen LogP contribution in [0.5, 0.6) is 0 Å². The number of hydrogen-bond acceptors (Lipinski definition) is 6. The van der Waals surface area contributed by atoms with Crippen molar-refractivity contribution in [2.45, 2.75) is 52.1 Å². The average Bonchev–Trinajstić information content (AvgIpc) is 3.02. The number of amides is 1. The van der Waals surface area contributed by atoms with Gasteiger partial charge in [0.1, 0.15) is 9.88 Å². The zero-order valence-electron chi connectivity index (χ0n) is 15.3. The van der Waals surface area contributed by atoms with Gasteiger partial charge in [0.05, 0.1) is 11.4 Å². The Morgan fingerprint density at radius 3 is 2.65 bits per heavy atom. The maximum atomic E-state index is 12.5. The summed E-state index contributed by atoms with van der Waals surface area (Å²) in [4.78, 5) is 35.8. The minimum absolute atomic E-state index is 0.134. The Hall–Kier alpha value is -2.28. The summed E-state index contributed by atoms with van der Waals surface area (Å²) < 4.78 is 5.29. The summed E-state index contributed by atoms with van der Waals surface area (Å²) in [5, 5.41) is 0.666.